The maximum atomic E-state index is 12.8. The molecule has 2 aliphatic heterocycles. The summed E-state index contributed by atoms with van der Waals surface area (Å²) < 4.78 is 5.59. The summed E-state index contributed by atoms with van der Waals surface area (Å²) in [5, 5.41) is 6.01. The zero-order chi connectivity index (χ0) is 17.8. The van der Waals surface area contributed by atoms with Gasteiger partial charge in [0.05, 0.1) is 6.04 Å². The first-order valence-electron chi connectivity index (χ1n) is 9.05. The van der Waals surface area contributed by atoms with Crippen LogP contribution in [0.5, 0.6) is 0 Å². The van der Waals surface area contributed by atoms with E-state index in [0.717, 1.165) is 31.5 Å². The molecule has 0 aromatic heterocycles. The number of nitrogens with one attached hydrogen (secondary N) is 2. The first kappa shape index (κ1) is 17.9. The molecule has 6 heteroatoms. The maximum Gasteiger partial charge on any atom is 0.251 e. The lowest BCUT2D eigenvalue weighted by atomic mass is 9.98. The molecule has 0 bridgehead atoms. The number of carbonyl (C=O) groups is 2. The lowest BCUT2D eigenvalue weighted by molar-refractivity contribution is -0.148. The highest BCUT2D eigenvalue weighted by Gasteiger charge is 2.37. The minimum atomic E-state index is -0.691. The van der Waals surface area contributed by atoms with Gasteiger partial charge in [0.15, 0.2) is 6.10 Å². The van der Waals surface area contributed by atoms with Crippen molar-refractivity contribution in [3.05, 3.63) is 35.9 Å². The smallest absolute Gasteiger partial charge is 0.251 e. The Labute approximate surface area is 148 Å². The van der Waals surface area contributed by atoms with E-state index in [2.05, 4.69) is 29.4 Å². The number of hydrogen-bond donors (Lipinski definition) is 2. The number of ether oxygens (including phenoxy) is 1. The monoisotopic (exact) mass is 345 g/mol. The average Bonchev–Trinajstić information content (AvgIpc) is 2.62. The Morgan fingerprint density at radius 1 is 1.24 bits per heavy atom. The second-order valence-corrected chi connectivity index (χ2v) is 7.10. The number of rotatable bonds is 4. The summed E-state index contributed by atoms with van der Waals surface area (Å²) in [4.78, 5) is 26.9. The van der Waals surface area contributed by atoms with Gasteiger partial charge in [0.2, 0.25) is 5.91 Å². The molecule has 1 aromatic carbocycles. The molecule has 2 atom stereocenters. The standard InChI is InChI=1S/C19H27N3O3/c1-13(2)22-10-8-15(9-11-22)20-19(24)18-17(21-16(23)12-25-18)14-6-4-3-5-7-14/h3-7,13,15,17-18H,8-12H2,1-2H3,(H,20,24)(H,21,23)/t17-,18+/m1/s1. The van der Waals surface area contributed by atoms with Gasteiger partial charge < -0.3 is 20.3 Å². The fourth-order valence-corrected chi connectivity index (χ4v) is 3.54. The van der Waals surface area contributed by atoms with Crippen LogP contribution in [0.15, 0.2) is 30.3 Å². The van der Waals surface area contributed by atoms with Crippen LogP contribution < -0.4 is 10.6 Å². The van der Waals surface area contributed by atoms with Crippen molar-refractivity contribution in [1.29, 1.82) is 0 Å². The first-order chi connectivity index (χ1) is 12.0. The Morgan fingerprint density at radius 2 is 1.92 bits per heavy atom. The van der Waals surface area contributed by atoms with Crippen LogP contribution in [0.3, 0.4) is 0 Å². The van der Waals surface area contributed by atoms with Gasteiger partial charge in [0.25, 0.3) is 5.91 Å². The molecule has 136 valence electrons. The molecule has 3 rings (SSSR count). The quantitative estimate of drug-likeness (QED) is 0.861. The molecule has 2 heterocycles. The second-order valence-electron chi connectivity index (χ2n) is 7.10. The van der Waals surface area contributed by atoms with Crippen LogP contribution in [0.1, 0.15) is 38.3 Å². The average molecular weight is 345 g/mol. The first-order valence-corrected chi connectivity index (χ1v) is 9.05. The van der Waals surface area contributed by atoms with Gasteiger partial charge in [-0.3, -0.25) is 9.59 Å². The van der Waals surface area contributed by atoms with E-state index in [1.807, 2.05) is 30.3 Å². The normalized spacial score (nSPS) is 25.6. The van der Waals surface area contributed by atoms with E-state index in [-0.39, 0.29) is 24.5 Å². The number of hydrogen-bond acceptors (Lipinski definition) is 4. The Bertz CT molecular complexity index is 597. The summed E-state index contributed by atoms with van der Waals surface area (Å²) in [7, 11) is 0. The molecule has 0 saturated carbocycles. The fourth-order valence-electron chi connectivity index (χ4n) is 3.54. The van der Waals surface area contributed by atoms with Crippen molar-refractivity contribution in [3.63, 3.8) is 0 Å². The predicted molar refractivity (Wildman–Crippen MR) is 94.9 cm³/mol. The van der Waals surface area contributed by atoms with Crippen LogP contribution in [0, 0.1) is 0 Å². The highest BCUT2D eigenvalue weighted by Crippen LogP contribution is 2.23. The zero-order valence-electron chi connectivity index (χ0n) is 14.9. The van der Waals surface area contributed by atoms with E-state index in [1.54, 1.807) is 0 Å². The molecule has 0 spiro atoms. The lowest BCUT2D eigenvalue weighted by Gasteiger charge is -2.37. The number of piperidine rings is 1. The van der Waals surface area contributed by atoms with Crippen molar-refractivity contribution in [3.8, 4) is 0 Å². The number of amides is 2. The molecule has 2 fully saturated rings. The minimum absolute atomic E-state index is 0.0762. The Hall–Kier alpha value is -1.92. The number of carbonyl (C=O) groups excluding carboxylic acids is 2. The van der Waals surface area contributed by atoms with Gasteiger partial charge in [-0.05, 0) is 32.3 Å². The summed E-state index contributed by atoms with van der Waals surface area (Å²) in [6.45, 7) is 6.30. The molecule has 0 unspecified atom stereocenters. The Balaban J connectivity index is 1.63. The van der Waals surface area contributed by atoms with Crippen molar-refractivity contribution in [1.82, 2.24) is 15.5 Å². The van der Waals surface area contributed by atoms with Crippen molar-refractivity contribution in [2.75, 3.05) is 19.7 Å². The highest BCUT2D eigenvalue weighted by molar-refractivity contribution is 5.86. The van der Waals surface area contributed by atoms with E-state index in [0.29, 0.717) is 6.04 Å². The summed E-state index contributed by atoms with van der Waals surface area (Å²) in [5.41, 5.74) is 0.880. The highest BCUT2D eigenvalue weighted by atomic mass is 16.5. The summed E-state index contributed by atoms with van der Waals surface area (Å²) >= 11 is 0. The number of morpholine rings is 1. The third-order valence-electron chi connectivity index (χ3n) is 5.04. The second kappa shape index (κ2) is 7.97. The molecule has 1 aromatic rings. The maximum absolute atomic E-state index is 12.8. The third-order valence-corrected chi connectivity index (χ3v) is 5.04. The van der Waals surface area contributed by atoms with Crippen LogP contribution in [0.2, 0.25) is 0 Å². The van der Waals surface area contributed by atoms with E-state index in [1.165, 1.54) is 0 Å². The van der Waals surface area contributed by atoms with Gasteiger partial charge in [-0.2, -0.15) is 0 Å². The van der Waals surface area contributed by atoms with Crippen LogP contribution in [0.25, 0.3) is 0 Å². The molecular formula is C19H27N3O3. The van der Waals surface area contributed by atoms with E-state index in [4.69, 9.17) is 4.74 Å². The van der Waals surface area contributed by atoms with Crippen molar-refractivity contribution in [2.24, 2.45) is 0 Å². The summed E-state index contributed by atoms with van der Waals surface area (Å²) in [6.07, 6.45) is 1.20. The van der Waals surface area contributed by atoms with Crippen LogP contribution in [0.4, 0.5) is 0 Å². The molecule has 2 aliphatic rings. The minimum Gasteiger partial charge on any atom is -0.356 e. The van der Waals surface area contributed by atoms with Gasteiger partial charge >= 0.3 is 0 Å². The SMILES string of the molecule is CC(C)N1CCC(NC(=O)[C@H]2OCC(=O)N[C@@H]2c2ccccc2)CC1. The molecule has 2 amide bonds. The number of benzene rings is 1. The van der Waals surface area contributed by atoms with Gasteiger partial charge in [-0.25, -0.2) is 0 Å². The molecule has 6 nitrogen and oxygen atoms in total. The lowest BCUT2D eigenvalue weighted by Crippen LogP contribution is -2.55. The van der Waals surface area contributed by atoms with Crippen LogP contribution in [-0.2, 0) is 14.3 Å². The number of likely N-dealkylation sites (tertiary alicyclic amines) is 1. The molecule has 2 saturated heterocycles. The largest absolute Gasteiger partial charge is 0.356 e. The third kappa shape index (κ3) is 4.38. The van der Waals surface area contributed by atoms with E-state index >= 15 is 0 Å². The predicted octanol–water partition coefficient (Wildman–Crippen LogP) is 1.23. The fraction of sp³-hybridized carbons (Fsp3) is 0.579. The topological polar surface area (TPSA) is 70.7 Å². The molecule has 25 heavy (non-hydrogen) atoms. The molecule has 0 radical (unpaired) electrons. The van der Waals surface area contributed by atoms with Gasteiger partial charge in [-0.1, -0.05) is 30.3 Å². The summed E-state index contributed by atoms with van der Waals surface area (Å²) in [6, 6.07) is 9.77. The van der Waals surface area contributed by atoms with Crippen molar-refractivity contribution in [2.45, 2.75) is 50.9 Å². The Morgan fingerprint density at radius 3 is 2.56 bits per heavy atom. The van der Waals surface area contributed by atoms with Crippen molar-refractivity contribution < 1.29 is 14.3 Å². The van der Waals surface area contributed by atoms with Gasteiger partial charge in [0, 0.05) is 25.2 Å². The van der Waals surface area contributed by atoms with E-state index in [9.17, 15) is 9.59 Å². The number of nitrogens with zero attached hydrogens (tertiary/aromatic N) is 1. The zero-order valence-corrected chi connectivity index (χ0v) is 14.9. The molecule has 0 aliphatic carbocycles. The summed E-state index contributed by atoms with van der Waals surface area (Å²) in [5.74, 6) is -0.333. The Kier molecular flexibility index (Phi) is 5.71. The van der Waals surface area contributed by atoms with Crippen LogP contribution in [-0.4, -0.2) is 54.6 Å². The van der Waals surface area contributed by atoms with E-state index < -0.39 is 12.1 Å². The molecular weight excluding hydrogens is 318 g/mol. The van der Waals surface area contributed by atoms with Gasteiger partial charge in [0.1, 0.15) is 6.61 Å². The molecule has 2 N–H and O–H groups in total. The van der Waals surface area contributed by atoms with Crippen LogP contribution >= 0.6 is 0 Å². The van der Waals surface area contributed by atoms with Crippen molar-refractivity contribution >= 4 is 11.8 Å². The van der Waals surface area contributed by atoms with Gasteiger partial charge in [-0.15, -0.1) is 0 Å².